The second kappa shape index (κ2) is 7.22. The molecule has 1 heterocycles. The number of nitrogens with zero attached hydrogens (tertiary/aromatic N) is 3. The summed E-state index contributed by atoms with van der Waals surface area (Å²) in [6.07, 6.45) is 1.28. The lowest BCUT2D eigenvalue weighted by molar-refractivity contribution is -0.120. The molecule has 114 valence electrons. The van der Waals surface area contributed by atoms with E-state index in [0.29, 0.717) is 13.0 Å². The van der Waals surface area contributed by atoms with Gasteiger partial charge < -0.3 is 14.8 Å². The molecular formula is C16H24N4O. The fraction of sp³-hybridized carbons (Fsp3) is 0.500. The highest BCUT2D eigenvalue weighted by atomic mass is 16.1. The minimum absolute atomic E-state index is 0.0888. The lowest BCUT2D eigenvalue weighted by Gasteiger charge is -2.13. The van der Waals surface area contributed by atoms with E-state index in [1.54, 1.807) is 0 Å². The van der Waals surface area contributed by atoms with Crippen molar-refractivity contribution in [2.24, 2.45) is 0 Å². The van der Waals surface area contributed by atoms with Gasteiger partial charge in [0.25, 0.3) is 0 Å². The number of hydrogen-bond donors (Lipinski definition) is 1. The first-order valence-electron chi connectivity index (χ1n) is 7.47. The molecule has 21 heavy (non-hydrogen) atoms. The van der Waals surface area contributed by atoms with Gasteiger partial charge in [-0.05, 0) is 26.2 Å². The molecule has 0 unspecified atom stereocenters. The van der Waals surface area contributed by atoms with Crippen molar-refractivity contribution >= 4 is 16.9 Å². The summed E-state index contributed by atoms with van der Waals surface area (Å²) in [6.45, 7) is 4.37. The molecule has 1 amide bonds. The number of benzene rings is 1. The molecule has 1 N–H and O–H groups in total. The summed E-state index contributed by atoms with van der Waals surface area (Å²) in [6, 6.07) is 8.19. The summed E-state index contributed by atoms with van der Waals surface area (Å²) >= 11 is 0. The molecule has 2 rings (SSSR count). The summed E-state index contributed by atoms with van der Waals surface area (Å²) in [5.41, 5.74) is 2.18. The Kier molecular flexibility index (Phi) is 5.33. The van der Waals surface area contributed by atoms with Gasteiger partial charge in [0.2, 0.25) is 5.91 Å². The number of carbonyl (C=O) groups excluding carboxylic acids is 1. The van der Waals surface area contributed by atoms with Crippen molar-refractivity contribution in [3.8, 4) is 0 Å². The highest BCUT2D eigenvalue weighted by molar-refractivity contribution is 5.76. The van der Waals surface area contributed by atoms with Crippen LogP contribution in [0.2, 0.25) is 0 Å². The number of nitrogens with one attached hydrogen (secondary N) is 1. The van der Waals surface area contributed by atoms with Gasteiger partial charge in [-0.1, -0.05) is 19.1 Å². The van der Waals surface area contributed by atoms with Crippen LogP contribution in [0, 0.1) is 0 Å². The number of imidazole rings is 1. The smallest absolute Gasteiger partial charge is 0.219 e. The molecule has 1 aromatic heterocycles. The summed E-state index contributed by atoms with van der Waals surface area (Å²) in [4.78, 5) is 18.2. The van der Waals surface area contributed by atoms with Gasteiger partial charge in [0.15, 0.2) is 0 Å². The quantitative estimate of drug-likeness (QED) is 0.843. The second-order valence-electron chi connectivity index (χ2n) is 5.43. The zero-order valence-corrected chi connectivity index (χ0v) is 13.1. The number of fused-ring (bicyclic) bond motifs is 1. The minimum Gasteiger partial charge on any atom is -0.356 e. The van der Waals surface area contributed by atoms with E-state index in [1.807, 2.05) is 25.1 Å². The average Bonchev–Trinajstić information content (AvgIpc) is 2.82. The Morgan fingerprint density at radius 2 is 2.10 bits per heavy atom. The van der Waals surface area contributed by atoms with Crippen LogP contribution in [-0.2, 0) is 17.8 Å². The van der Waals surface area contributed by atoms with Gasteiger partial charge in [-0.2, -0.15) is 0 Å². The van der Waals surface area contributed by atoms with Gasteiger partial charge in [0.1, 0.15) is 5.82 Å². The van der Waals surface area contributed by atoms with E-state index < -0.39 is 0 Å². The highest BCUT2D eigenvalue weighted by Crippen LogP contribution is 2.16. The van der Waals surface area contributed by atoms with Crippen LogP contribution < -0.4 is 5.32 Å². The molecule has 0 fully saturated rings. The normalized spacial score (nSPS) is 11.2. The van der Waals surface area contributed by atoms with E-state index >= 15 is 0 Å². The first kappa shape index (κ1) is 15.5. The standard InChI is InChI=1S/C16H24N4O/c1-4-16(21)17-10-9-15-18-13-7-5-6-8-14(13)20(15)12-11-19(2)3/h5-8H,4,9-12H2,1-3H3,(H,17,21). The second-order valence-corrected chi connectivity index (χ2v) is 5.43. The number of amides is 1. The largest absolute Gasteiger partial charge is 0.356 e. The first-order valence-corrected chi connectivity index (χ1v) is 7.47. The zero-order valence-electron chi connectivity index (χ0n) is 13.1. The molecule has 2 aromatic rings. The Labute approximate surface area is 126 Å². The van der Waals surface area contributed by atoms with Crippen LogP contribution >= 0.6 is 0 Å². The van der Waals surface area contributed by atoms with Crippen molar-refractivity contribution in [2.45, 2.75) is 26.3 Å². The fourth-order valence-corrected chi connectivity index (χ4v) is 2.30. The molecule has 0 atom stereocenters. The average molecular weight is 288 g/mol. The molecule has 0 saturated carbocycles. The zero-order chi connectivity index (χ0) is 15.2. The molecule has 0 radical (unpaired) electrons. The molecule has 5 nitrogen and oxygen atoms in total. The fourth-order valence-electron chi connectivity index (χ4n) is 2.30. The lowest BCUT2D eigenvalue weighted by Crippen LogP contribution is -2.26. The van der Waals surface area contributed by atoms with Crippen molar-refractivity contribution in [1.29, 1.82) is 0 Å². The highest BCUT2D eigenvalue weighted by Gasteiger charge is 2.10. The Bertz CT molecular complexity index is 603. The Hall–Kier alpha value is -1.88. The summed E-state index contributed by atoms with van der Waals surface area (Å²) < 4.78 is 2.26. The van der Waals surface area contributed by atoms with Crippen molar-refractivity contribution < 1.29 is 4.79 Å². The Morgan fingerprint density at radius 3 is 2.81 bits per heavy atom. The third-order valence-corrected chi connectivity index (χ3v) is 3.50. The van der Waals surface area contributed by atoms with Crippen molar-refractivity contribution in [2.75, 3.05) is 27.2 Å². The summed E-state index contributed by atoms with van der Waals surface area (Å²) in [5, 5.41) is 2.91. The van der Waals surface area contributed by atoms with E-state index in [2.05, 4.69) is 34.9 Å². The Morgan fingerprint density at radius 1 is 1.33 bits per heavy atom. The number of carbonyl (C=O) groups is 1. The van der Waals surface area contributed by atoms with Crippen LogP contribution in [0.3, 0.4) is 0 Å². The van der Waals surface area contributed by atoms with Crippen molar-refractivity contribution in [1.82, 2.24) is 19.8 Å². The van der Waals surface area contributed by atoms with Crippen molar-refractivity contribution in [3.05, 3.63) is 30.1 Å². The van der Waals surface area contributed by atoms with Crippen LogP contribution in [0.25, 0.3) is 11.0 Å². The molecule has 0 aliphatic rings. The van der Waals surface area contributed by atoms with Gasteiger partial charge in [-0.15, -0.1) is 0 Å². The molecule has 1 aromatic carbocycles. The molecule has 0 bridgehead atoms. The maximum absolute atomic E-state index is 11.3. The van der Waals surface area contributed by atoms with Gasteiger partial charge in [0, 0.05) is 32.5 Å². The third kappa shape index (κ3) is 4.04. The van der Waals surface area contributed by atoms with E-state index in [4.69, 9.17) is 4.98 Å². The third-order valence-electron chi connectivity index (χ3n) is 3.50. The summed E-state index contributed by atoms with van der Waals surface area (Å²) in [5.74, 6) is 1.13. The van der Waals surface area contributed by atoms with Crippen LogP contribution in [0.5, 0.6) is 0 Å². The van der Waals surface area contributed by atoms with Gasteiger partial charge in [0.05, 0.1) is 11.0 Å². The maximum atomic E-state index is 11.3. The Balaban J connectivity index is 2.16. The molecule has 5 heteroatoms. The number of hydrogen-bond acceptors (Lipinski definition) is 3. The monoisotopic (exact) mass is 288 g/mol. The predicted octanol–water partition coefficient (Wildman–Crippen LogP) is 1.67. The first-order chi connectivity index (χ1) is 10.1. The van der Waals surface area contributed by atoms with Gasteiger partial charge in [-0.3, -0.25) is 4.79 Å². The minimum atomic E-state index is 0.0888. The molecule has 0 spiro atoms. The topological polar surface area (TPSA) is 50.2 Å². The van der Waals surface area contributed by atoms with Crippen LogP contribution in [0.1, 0.15) is 19.2 Å². The maximum Gasteiger partial charge on any atom is 0.219 e. The van der Waals surface area contributed by atoms with E-state index in [1.165, 1.54) is 0 Å². The SMILES string of the molecule is CCC(=O)NCCc1nc2ccccc2n1CCN(C)C. The van der Waals surface area contributed by atoms with Crippen molar-refractivity contribution in [3.63, 3.8) is 0 Å². The predicted molar refractivity (Wildman–Crippen MR) is 85.3 cm³/mol. The molecule has 0 aliphatic heterocycles. The van der Waals surface area contributed by atoms with E-state index in [0.717, 1.165) is 36.4 Å². The van der Waals surface area contributed by atoms with E-state index in [9.17, 15) is 4.79 Å². The van der Waals surface area contributed by atoms with Crippen LogP contribution in [-0.4, -0.2) is 47.5 Å². The number of aromatic nitrogens is 2. The van der Waals surface area contributed by atoms with Gasteiger partial charge in [-0.25, -0.2) is 4.98 Å². The molecule has 0 saturated heterocycles. The van der Waals surface area contributed by atoms with Crippen LogP contribution in [0.4, 0.5) is 0 Å². The number of likely N-dealkylation sites (N-methyl/N-ethyl adjacent to an activating group) is 1. The number of para-hydroxylation sites is 2. The molecule has 0 aliphatic carbocycles. The van der Waals surface area contributed by atoms with E-state index in [-0.39, 0.29) is 5.91 Å². The van der Waals surface area contributed by atoms with Gasteiger partial charge >= 0.3 is 0 Å². The number of rotatable bonds is 7. The van der Waals surface area contributed by atoms with Crippen LogP contribution in [0.15, 0.2) is 24.3 Å². The molecular weight excluding hydrogens is 264 g/mol. The lowest BCUT2D eigenvalue weighted by atomic mass is 10.3. The summed E-state index contributed by atoms with van der Waals surface area (Å²) in [7, 11) is 4.14.